The molecule has 4 heteroatoms. The van der Waals surface area contributed by atoms with Gasteiger partial charge in [0.15, 0.2) is 0 Å². The number of hydrogen-bond donors (Lipinski definition) is 1. The summed E-state index contributed by atoms with van der Waals surface area (Å²) in [5.74, 6) is -0.295. The fourth-order valence-corrected chi connectivity index (χ4v) is 1.41. The lowest BCUT2D eigenvalue weighted by Crippen LogP contribution is -1.90. The van der Waals surface area contributed by atoms with E-state index in [2.05, 4.69) is 10.5 Å². The summed E-state index contributed by atoms with van der Waals surface area (Å²) in [7, 11) is 0. The van der Waals surface area contributed by atoms with Crippen LogP contribution in [0, 0.1) is 5.82 Å². The molecule has 0 saturated heterocycles. The Labute approximate surface area is 104 Å². The molecule has 17 heavy (non-hydrogen) atoms. The minimum absolute atomic E-state index is 0.295. The molecule has 0 radical (unpaired) electrons. The summed E-state index contributed by atoms with van der Waals surface area (Å²) < 4.78 is 12.9. The van der Waals surface area contributed by atoms with E-state index in [9.17, 15) is 4.39 Å². The third-order valence-corrected chi connectivity index (χ3v) is 2.35. The molecule has 0 spiro atoms. The van der Waals surface area contributed by atoms with Crippen LogP contribution in [0.5, 0.6) is 0 Å². The SMILES string of the molecule is Fc1cccc(N/N=C/c2ccc(Cl)cc2)c1. The van der Waals surface area contributed by atoms with Crippen molar-refractivity contribution in [3.63, 3.8) is 0 Å². The van der Waals surface area contributed by atoms with Crippen LogP contribution in [0.15, 0.2) is 53.6 Å². The number of anilines is 1. The van der Waals surface area contributed by atoms with Gasteiger partial charge in [0.25, 0.3) is 0 Å². The Morgan fingerprint density at radius 1 is 1.12 bits per heavy atom. The lowest BCUT2D eigenvalue weighted by atomic mass is 10.2. The zero-order valence-electron chi connectivity index (χ0n) is 8.90. The van der Waals surface area contributed by atoms with E-state index in [0.717, 1.165) is 5.56 Å². The van der Waals surface area contributed by atoms with Gasteiger partial charge >= 0.3 is 0 Å². The lowest BCUT2D eigenvalue weighted by Gasteiger charge is -1.99. The predicted octanol–water partition coefficient (Wildman–Crippen LogP) is 3.93. The molecule has 2 aromatic rings. The molecular formula is C13H10ClFN2. The Kier molecular flexibility index (Phi) is 3.73. The van der Waals surface area contributed by atoms with Crippen molar-refractivity contribution in [2.45, 2.75) is 0 Å². The van der Waals surface area contributed by atoms with Crippen LogP contribution in [0.25, 0.3) is 0 Å². The first-order valence-electron chi connectivity index (χ1n) is 5.04. The van der Waals surface area contributed by atoms with Gasteiger partial charge in [0.05, 0.1) is 11.9 Å². The monoisotopic (exact) mass is 248 g/mol. The maximum atomic E-state index is 12.9. The number of halogens is 2. The van der Waals surface area contributed by atoms with E-state index >= 15 is 0 Å². The van der Waals surface area contributed by atoms with Crippen LogP contribution >= 0.6 is 11.6 Å². The lowest BCUT2D eigenvalue weighted by molar-refractivity contribution is 0.628. The molecule has 0 atom stereocenters. The van der Waals surface area contributed by atoms with Gasteiger partial charge in [-0.25, -0.2) is 4.39 Å². The van der Waals surface area contributed by atoms with Gasteiger partial charge in [-0.1, -0.05) is 29.8 Å². The molecule has 0 fully saturated rings. The van der Waals surface area contributed by atoms with Gasteiger partial charge in [-0.15, -0.1) is 0 Å². The van der Waals surface area contributed by atoms with Crippen molar-refractivity contribution in [3.8, 4) is 0 Å². The normalized spacial score (nSPS) is 10.7. The quantitative estimate of drug-likeness (QED) is 0.646. The molecule has 0 amide bonds. The second kappa shape index (κ2) is 5.46. The number of nitrogens with zero attached hydrogens (tertiary/aromatic N) is 1. The van der Waals surface area contributed by atoms with E-state index in [0.29, 0.717) is 10.7 Å². The molecule has 0 aliphatic carbocycles. The van der Waals surface area contributed by atoms with Crippen molar-refractivity contribution in [3.05, 3.63) is 64.9 Å². The average molecular weight is 249 g/mol. The Bertz CT molecular complexity index is 523. The molecule has 2 nitrogen and oxygen atoms in total. The molecule has 0 aliphatic heterocycles. The van der Waals surface area contributed by atoms with Crippen molar-refractivity contribution >= 4 is 23.5 Å². The summed E-state index contributed by atoms with van der Waals surface area (Å²) >= 11 is 5.76. The van der Waals surface area contributed by atoms with Gasteiger partial charge in [-0.2, -0.15) is 5.10 Å². The minimum atomic E-state index is -0.295. The summed E-state index contributed by atoms with van der Waals surface area (Å²) in [6.45, 7) is 0. The Morgan fingerprint density at radius 3 is 2.59 bits per heavy atom. The molecule has 1 N–H and O–H groups in total. The third-order valence-electron chi connectivity index (χ3n) is 2.10. The highest BCUT2D eigenvalue weighted by atomic mass is 35.5. The molecule has 2 rings (SSSR count). The van der Waals surface area contributed by atoms with Crippen molar-refractivity contribution in [2.24, 2.45) is 5.10 Å². The Morgan fingerprint density at radius 2 is 1.88 bits per heavy atom. The van der Waals surface area contributed by atoms with Gasteiger partial charge < -0.3 is 0 Å². The van der Waals surface area contributed by atoms with Gasteiger partial charge in [0.2, 0.25) is 0 Å². The van der Waals surface area contributed by atoms with Crippen molar-refractivity contribution in [1.29, 1.82) is 0 Å². The molecule has 86 valence electrons. The van der Waals surface area contributed by atoms with Crippen LogP contribution in [0.2, 0.25) is 5.02 Å². The van der Waals surface area contributed by atoms with E-state index < -0.39 is 0 Å². The minimum Gasteiger partial charge on any atom is -0.278 e. The second-order valence-electron chi connectivity index (χ2n) is 3.43. The molecular weight excluding hydrogens is 239 g/mol. The Hall–Kier alpha value is -1.87. The molecule has 2 aromatic carbocycles. The summed E-state index contributed by atoms with van der Waals surface area (Å²) in [6.07, 6.45) is 1.64. The van der Waals surface area contributed by atoms with E-state index in [4.69, 9.17) is 11.6 Å². The van der Waals surface area contributed by atoms with E-state index in [1.54, 1.807) is 30.5 Å². The van der Waals surface area contributed by atoms with E-state index in [1.165, 1.54) is 12.1 Å². The largest absolute Gasteiger partial charge is 0.278 e. The summed E-state index contributed by atoms with van der Waals surface area (Å²) in [5, 5.41) is 4.68. The second-order valence-corrected chi connectivity index (χ2v) is 3.87. The third kappa shape index (κ3) is 3.57. The van der Waals surface area contributed by atoms with Crippen molar-refractivity contribution < 1.29 is 4.39 Å². The van der Waals surface area contributed by atoms with Gasteiger partial charge in [0, 0.05) is 5.02 Å². The number of rotatable bonds is 3. The number of hydrazone groups is 1. The Balaban J connectivity index is 2.00. The topological polar surface area (TPSA) is 24.4 Å². The highest BCUT2D eigenvalue weighted by Gasteiger charge is 1.92. The van der Waals surface area contributed by atoms with Crippen LogP contribution in [-0.2, 0) is 0 Å². The predicted molar refractivity (Wildman–Crippen MR) is 69.1 cm³/mol. The maximum Gasteiger partial charge on any atom is 0.125 e. The zero-order chi connectivity index (χ0) is 12.1. The first-order valence-corrected chi connectivity index (χ1v) is 5.42. The summed E-state index contributed by atoms with van der Waals surface area (Å²) in [5.41, 5.74) is 4.27. The van der Waals surface area contributed by atoms with Gasteiger partial charge in [-0.3, -0.25) is 5.43 Å². The van der Waals surface area contributed by atoms with Crippen LogP contribution in [-0.4, -0.2) is 6.21 Å². The average Bonchev–Trinajstić information content (AvgIpc) is 2.32. The first kappa shape index (κ1) is 11.6. The van der Waals surface area contributed by atoms with E-state index in [-0.39, 0.29) is 5.82 Å². The van der Waals surface area contributed by atoms with Crippen LogP contribution in [0.4, 0.5) is 10.1 Å². The van der Waals surface area contributed by atoms with Crippen molar-refractivity contribution in [2.75, 3.05) is 5.43 Å². The zero-order valence-corrected chi connectivity index (χ0v) is 9.66. The molecule has 0 heterocycles. The molecule has 0 bridgehead atoms. The number of hydrogen-bond acceptors (Lipinski definition) is 2. The number of nitrogens with one attached hydrogen (secondary N) is 1. The van der Waals surface area contributed by atoms with Gasteiger partial charge in [0.1, 0.15) is 5.82 Å². The molecule has 0 aliphatic rings. The smallest absolute Gasteiger partial charge is 0.125 e. The van der Waals surface area contributed by atoms with E-state index in [1.807, 2.05) is 12.1 Å². The molecule has 0 saturated carbocycles. The molecule has 0 aromatic heterocycles. The van der Waals surface area contributed by atoms with Crippen LogP contribution in [0.3, 0.4) is 0 Å². The summed E-state index contributed by atoms with van der Waals surface area (Å²) in [6, 6.07) is 13.4. The fraction of sp³-hybridized carbons (Fsp3) is 0. The maximum absolute atomic E-state index is 12.9. The first-order chi connectivity index (χ1) is 8.24. The van der Waals surface area contributed by atoms with Crippen LogP contribution in [0.1, 0.15) is 5.56 Å². The van der Waals surface area contributed by atoms with Crippen LogP contribution < -0.4 is 5.43 Å². The highest BCUT2D eigenvalue weighted by molar-refractivity contribution is 6.30. The standard InChI is InChI=1S/C13H10ClFN2/c14-11-6-4-10(5-7-11)9-16-17-13-3-1-2-12(15)8-13/h1-9,17H/b16-9+. The van der Waals surface area contributed by atoms with Crippen molar-refractivity contribution in [1.82, 2.24) is 0 Å². The number of benzene rings is 2. The fourth-order valence-electron chi connectivity index (χ4n) is 1.29. The van der Waals surface area contributed by atoms with Gasteiger partial charge in [-0.05, 0) is 35.9 Å². The molecule has 0 unspecified atom stereocenters. The highest BCUT2D eigenvalue weighted by Crippen LogP contribution is 2.10. The summed E-state index contributed by atoms with van der Waals surface area (Å²) in [4.78, 5) is 0.